The maximum Gasteiger partial charge on any atom is 0.403 e. The van der Waals surface area contributed by atoms with E-state index in [-0.39, 0.29) is 0 Å². The Kier molecular flexibility index (Phi) is 6.84. The van der Waals surface area contributed by atoms with Gasteiger partial charge in [0.25, 0.3) is 0 Å². The van der Waals surface area contributed by atoms with Crippen LogP contribution < -0.4 is 0 Å². The van der Waals surface area contributed by atoms with E-state index in [1.54, 1.807) is 6.08 Å². The molecule has 0 spiro atoms. The van der Waals surface area contributed by atoms with Gasteiger partial charge in [-0.2, -0.15) is 0 Å². The van der Waals surface area contributed by atoms with Crippen LogP contribution in [0.25, 0.3) is 6.08 Å². The minimum Gasteiger partial charge on any atom is -0.457 e. The van der Waals surface area contributed by atoms with Crippen molar-refractivity contribution in [3.63, 3.8) is 0 Å². The van der Waals surface area contributed by atoms with Gasteiger partial charge in [-0.3, -0.25) is 0 Å². The van der Waals surface area contributed by atoms with Crippen molar-refractivity contribution in [2.75, 3.05) is 7.11 Å². The lowest BCUT2D eigenvalue weighted by molar-refractivity contribution is 0.198. The molecule has 0 heterocycles. The second-order valence-corrected chi connectivity index (χ2v) is 3.39. The average molecular weight is 247 g/mol. The van der Waals surface area contributed by atoms with Gasteiger partial charge in [0.05, 0.1) is 7.11 Å². The van der Waals surface area contributed by atoms with Gasteiger partial charge in [0.15, 0.2) is 0 Å². The molecule has 0 unspecified atom stereocenters. The molecule has 1 aromatic rings. The van der Waals surface area contributed by atoms with Gasteiger partial charge in [-0.05, 0) is 18.6 Å². The van der Waals surface area contributed by atoms with Crippen molar-refractivity contribution in [2.45, 2.75) is 6.92 Å². The number of ether oxygens (including phenoxy) is 1. The number of halogens is 2. The first-order valence-corrected chi connectivity index (χ1v) is 4.89. The summed E-state index contributed by atoms with van der Waals surface area (Å²) in [5, 5.41) is 0.764. The molecule has 0 bridgehead atoms. The van der Waals surface area contributed by atoms with Crippen LogP contribution in [0.4, 0.5) is 4.79 Å². The SMILES string of the molecule is C=Cc1cc(C)ccc1Cl.COC(=O)Cl. The Labute approximate surface area is 99.5 Å². The maximum absolute atomic E-state index is 9.36. The Morgan fingerprint density at radius 3 is 2.40 bits per heavy atom. The molecule has 82 valence electrons. The Balaban J connectivity index is 0.000000336. The second-order valence-electron chi connectivity index (χ2n) is 2.67. The monoisotopic (exact) mass is 246 g/mol. The molecular weight excluding hydrogens is 235 g/mol. The fraction of sp³-hybridized carbons (Fsp3) is 0.182. The molecule has 0 fully saturated rings. The average Bonchev–Trinajstić information content (AvgIpc) is 2.22. The molecular formula is C11H12Cl2O2. The van der Waals surface area contributed by atoms with Crippen molar-refractivity contribution >= 4 is 34.7 Å². The molecule has 0 radical (unpaired) electrons. The van der Waals surface area contributed by atoms with Gasteiger partial charge in [-0.15, -0.1) is 0 Å². The Hall–Kier alpha value is -0.990. The van der Waals surface area contributed by atoms with Crippen molar-refractivity contribution in [1.82, 2.24) is 0 Å². The number of rotatable bonds is 1. The van der Waals surface area contributed by atoms with Crippen molar-refractivity contribution in [3.05, 3.63) is 40.9 Å². The van der Waals surface area contributed by atoms with E-state index in [1.165, 1.54) is 12.7 Å². The molecule has 1 aromatic carbocycles. The van der Waals surface area contributed by atoms with Crippen LogP contribution >= 0.6 is 23.2 Å². The van der Waals surface area contributed by atoms with Gasteiger partial charge in [0.1, 0.15) is 0 Å². The molecule has 0 amide bonds. The van der Waals surface area contributed by atoms with Crippen molar-refractivity contribution in [3.8, 4) is 0 Å². The number of benzene rings is 1. The fourth-order valence-corrected chi connectivity index (χ4v) is 1.01. The molecule has 0 aliphatic rings. The van der Waals surface area contributed by atoms with Crippen LogP contribution in [0.5, 0.6) is 0 Å². The molecule has 0 aliphatic heterocycles. The normalized spacial score (nSPS) is 8.53. The maximum atomic E-state index is 9.36. The lowest BCUT2D eigenvalue weighted by Crippen LogP contribution is -1.80. The Morgan fingerprint density at radius 1 is 1.53 bits per heavy atom. The number of methoxy groups -OCH3 is 1. The molecule has 0 saturated carbocycles. The first-order chi connectivity index (χ1) is 7.01. The van der Waals surface area contributed by atoms with Crippen molar-refractivity contribution < 1.29 is 9.53 Å². The van der Waals surface area contributed by atoms with E-state index in [1.807, 2.05) is 25.1 Å². The number of aryl methyl sites for hydroxylation is 1. The van der Waals surface area contributed by atoms with Crippen LogP contribution in [-0.4, -0.2) is 12.5 Å². The Bertz CT molecular complexity index is 348. The Morgan fingerprint density at radius 2 is 2.07 bits per heavy atom. The van der Waals surface area contributed by atoms with E-state index in [2.05, 4.69) is 22.9 Å². The summed E-state index contributed by atoms with van der Waals surface area (Å²) in [4.78, 5) is 9.36. The number of hydrogen-bond acceptors (Lipinski definition) is 2. The quantitative estimate of drug-likeness (QED) is 0.692. The fourth-order valence-electron chi connectivity index (χ4n) is 0.820. The van der Waals surface area contributed by atoms with E-state index in [4.69, 9.17) is 11.6 Å². The highest BCUT2D eigenvalue weighted by atomic mass is 35.5. The molecule has 0 aliphatic carbocycles. The van der Waals surface area contributed by atoms with E-state index in [9.17, 15) is 4.79 Å². The largest absolute Gasteiger partial charge is 0.457 e. The number of carbonyl (C=O) groups excluding carboxylic acids is 1. The highest BCUT2D eigenvalue weighted by Crippen LogP contribution is 2.17. The molecule has 0 saturated heterocycles. The van der Waals surface area contributed by atoms with Gasteiger partial charge in [-0.25, -0.2) is 4.79 Å². The molecule has 0 atom stereocenters. The summed E-state index contributed by atoms with van der Waals surface area (Å²) in [7, 11) is 1.22. The van der Waals surface area contributed by atoms with Crippen LogP contribution in [0, 0.1) is 6.92 Å². The summed E-state index contributed by atoms with van der Waals surface area (Å²) in [6.07, 6.45) is 1.76. The zero-order chi connectivity index (χ0) is 11.8. The van der Waals surface area contributed by atoms with Gasteiger partial charge >= 0.3 is 5.43 Å². The van der Waals surface area contributed by atoms with Crippen LogP contribution in [0.15, 0.2) is 24.8 Å². The van der Waals surface area contributed by atoms with Gasteiger partial charge in [0, 0.05) is 16.6 Å². The summed E-state index contributed by atoms with van der Waals surface area (Å²) in [5.74, 6) is 0. The van der Waals surface area contributed by atoms with Gasteiger partial charge in [-0.1, -0.05) is 42.0 Å². The van der Waals surface area contributed by atoms with E-state index in [0.717, 1.165) is 10.6 Å². The van der Waals surface area contributed by atoms with Crippen LogP contribution in [0.1, 0.15) is 11.1 Å². The molecule has 2 nitrogen and oxygen atoms in total. The zero-order valence-electron chi connectivity index (χ0n) is 8.59. The third-order valence-electron chi connectivity index (χ3n) is 1.53. The van der Waals surface area contributed by atoms with E-state index < -0.39 is 5.43 Å². The summed E-state index contributed by atoms with van der Waals surface area (Å²) in [6, 6.07) is 5.87. The first kappa shape index (κ1) is 14.0. The third kappa shape index (κ3) is 6.15. The first-order valence-electron chi connectivity index (χ1n) is 4.13. The van der Waals surface area contributed by atoms with Crippen LogP contribution in [0.2, 0.25) is 5.02 Å². The highest BCUT2D eigenvalue weighted by molar-refractivity contribution is 6.61. The number of hydrogen-bond donors (Lipinski definition) is 0. The van der Waals surface area contributed by atoms with Crippen molar-refractivity contribution in [2.24, 2.45) is 0 Å². The zero-order valence-corrected chi connectivity index (χ0v) is 10.1. The molecule has 0 aromatic heterocycles. The highest BCUT2D eigenvalue weighted by Gasteiger charge is 1.93. The summed E-state index contributed by atoms with van der Waals surface area (Å²) in [6.45, 7) is 5.68. The van der Waals surface area contributed by atoms with E-state index in [0.29, 0.717) is 0 Å². The topological polar surface area (TPSA) is 26.3 Å². The van der Waals surface area contributed by atoms with Crippen LogP contribution in [0.3, 0.4) is 0 Å². The summed E-state index contributed by atoms with van der Waals surface area (Å²) >= 11 is 10.4. The standard InChI is InChI=1S/C9H9Cl.C2H3ClO2/c1-3-8-6-7(2)4-5-9(8)10;1-5-2(3)4/h3-6H,1H2,2H3;1H3. The van der Waals surface area contributed by atoms with Gasteiger partial charge in [0.2, 0.25) is 0 Å². The lowest BCUT2D eigenvalue weighted by Gasteiger charge is -1.97. The van der Waals surface area contributed by atoms with E-state index >= 15 is 0 Å². The third-order valence-corrected chi connectivity index (χ3v) is 2.03. The predicted octanol–water partition coefficient (Wildman–Crippen LogP) is 4.28. The molecule has 15 heavy (non-hydrogen) atoms. The minimum absolute atomic E-state index is 0.764. The molecule has 1 rings (SSSR count). The summed E-state index contributed by atoms with van der Waals surface area (Å²) < 4.78 is 3.88. The second kappa shape index (κ2) is 7.32. The smallest absolute Gasteiger partial charge is 0.403 e. The minimum atomic E-state index is -0.773. The van der Waals surface area contributed by atoms with Crippen molar-refractivity contribution in [1.29, 1.82) is 0 Å². The van der Waals surface area contributed by atoms with Crippen LogP contribution in [-0.2, 0) is 4.74 Å². The predicted molar refractivity (Wildman–Crippen MR) is 64.5 cm³/mol. The molecule has 4 heteroatoms. The summed E-state index contributed by atoms with van der Waals surface area (Å²) in [5.41, 5.74) is 1.44. The molecule has 0 N–H and O–H groups in total. The lowest BCUT2D eigenvalue weighted by atomic mass is 10.1. The van der Waals surface area contributed by atoms with Gasteiger partial charge < -0.3 is 4.74 Å². The number of carbonyl (C=O) groups is 1.